The summed E-state index contributed by atoms with van der Waals surface area (Å²) in [6.07, 6.45) is 2.32. The van der Waals surface area contributed by atoms with Crippen LogP contribution in [0.1, 0.15) is 34.9 Å². The van der Waals surface area contributed by atoms with E-state index in [1.165, 1.54) is 12.1 Å². The highest BCUT2D eigenvalue weighted by Crippen LogP contribution is 2.26. The second-order valence-corrected chi connectivity index (χ2v) is 6.27. The van der Waals surface area contributed by atoms with Crippen LogP contribution in [0.5, 0.6) is 0 Å². The topological polar surface area (TPSA) is 78.1 Å². The molecular formula is C17H19ClN4O2. The smallest absolute Gasteiger partial charge is 0.271 e. The van der Waals surface area contributed by atoms with Gasteiger partial charge in [0, 0.05) is 17.6 Å². The van der Waals surface area contributed by atoms with Gasteiger partial charge in [-0.2, -0.15) is 5.10 Å². The van der Waals surface area contributed by atoms with Crippen molar-refractivity contribution in [3.05, 3.63) is 63.0 Å². The number of hydrogen-bond donors (Lipinski definition) is 2. The number of aromatic nitrogens is 2. The fraction of sp³-hybridized carbons (Fsp3) is 0.353. The fourth-order valence-corrected chi connectivity index (χ4v) is 3.17. The molecule has 1 aliphatic rings. The number of rotatable bonds is 5. The number of halogens is 1. The van der Waals surface area contributed by atoms with Crippen molar-refractivity contribution in [3.63, 3.8) is 0 Å². The predicted molar refractivity (Wildman–Crippen MR) is 92.2 cm³/mol. The molecule has 1 amide bonds. The van der Waals surface area contributed by atoms with Gasteiger partial charge in [0.1, 0.15) is 5.69 Å². The van der Waals surface area contributed by atoms with Crippen molar-refractivity contribution in [3.8, 4) is 0 Å². The van der Waals surface area contributed by atoms with Crippen molar-refractivity contribution in [1.82, 2.24) is 20.4 Å². The molecule has 1 aliphatic heterocycles. The average molecular weight is 347 g/mol. The Balaban J connectivity index is 1.73. The molecule has 1 fully saturated rings. The summed E-state index contributed by atoms with van der Waals surface area (Å²) in [6, 6.07) is 10.5. The van der Waals surface area contributed by atoms with Crippen molar-refractivity contribution in [1.29, 1.82) is 0 Å². The van der Waals surface area contributed by atoms with E-state index in [0.29, 0.717) is 11.6 Å². The van der Waals surface area contributed by atoms with E-state index < -0.39 is 0 Å². The quantitative estimate of drug-likeness (QED) is 0.868. The van der Waals surface area contributed by atoms with Crippen LogP contribution in [0.3, 0.4) is 0 Å². The summed E-state index contributed by atoms with van der Waals surface area (Å²) in [5.41, 5.74) is 0.945. The molecule has 0 unspecified atom stereocenters. The zero-order valence-corrected chi connectivity index (χ0v) is 13.9. The molecule has 0 radical (unpaired) electrons. The number of carbonyl (C=O) groups excluding carboxylic acids is 1. The number of aromatic amines is 1. The molecule has 2 heterocycles. The highest BCUT2D eigenvalue weighted by atomic mass is 35.5. The molecule has 1 saturated heterocycles. The lowest BCUT2D eigenvalue weighted by Gasteiger charge is -2.28. The Hall–Kier alpha value is -2.18. The normalized spacial score (nSPS) is 16.0. The van der Waals surface area contributed by atoms with Gasteiger partial charge in [-0.05, 0) is 49.7 Å². The minimum atomic E-state index is -0.333. The van der Waals surface area contributed by atoms with E-state index in [0.717, 1.165) is 31.5 Å². The van der Waals surface area contributed by atoms with Crippen LogP contribution >= 0.6 is 11.6 Å². The number of nitrogens with zero attached hydrogens (tertiary/aromatic N) is 2. The van der Waals surface area contributed by atoms with Crippen LogP contribution in [0.4, 0.5) is 0 Å². The van der Waals surface area contributed by atoms with E-state index in [9.17, 15) is 9.59 Å². The summed E-state index contributed by atoms with van der Waals surface area (Å²) in [6.45, 7) is 2.47. The van der Waals surface area contributed by atoms with E-state index in [1.807, 2.05) is 24.3 Å². The highest BCUT2D eigenvalue weighted by Gasteiger charge is 2.24. The number of hydrogen-bond acceptors (Lipinski definition) is 4. The van der Waals surface area contributed by atoms with Gasteiger partial charge in [0.15, 0.2) is 0 Å². The molecule has 3 rings (SSSR count). The number of amides is 1. The maximum atomic E-state index is 12.2. The second kappa shape index (κ2) is 7.59. The van der Waals surface area contributed by atoms with Gasteiger partial charge in [0.25, 0.3) is 11.5 Å². The van der Waals surface area contributed by atoms with Gasteiger partial charge in [-0.3, -0.25) is 14.5 Å². The first-order valence-electron chi connectivity index (χ1n) is 7.97. The van der Waals surface area contributed by atoms with Crippen LogP contribution in [-0.2, 0) is 0 Å². The van der Waals surface area contributed by atoms with Crippen molar-refractivity contribution in [2.45, 2.75) is 18.9 Å². The molecule has 0 bridgehead atoms. The molecule has 0 aliphatic carbocycles. The third-order valence-corrected chi connectivity index (χ3v) is 4.42. The number of nitrogens with one attached hydrogen (secondary N) is 2. The van der Waals surface area contributed by atoms with E-state index in [2.05, 4.69) is 20.4 Å². The molecule has 0 saturated carbocycles. The van der Waals surface area contributed by atoms with Crippen LogP contribution < -0.4 is 10.9 Å². The van der Waals surface area contributed by atoms with E-state index in [4.69, 9.17) is 11.6 Å². The largest absolute Gasteiger partial charge is 0.349 e. The summed E-state index contributed by atoms with van der Waals surface area (Å²) in [4.78, 5) is 25.6. The number of carbonyl (C=O) groups is 1. The first-order valence-corrected chi connectivity index (χ1v) is 8.35. The molecule has 2 N–H and O–H groups in total. The molecule has 6 nitrogen and oxygen atoms in total. The summed E-state index contributed by atoms with van der Waals surface area (Å²) in [5.74, 6) is -0.308. The average Bonchev–Trinajstić information content (AvgIpc) is 3.10. The van der Waals surface area contributed by atoms with Crippen LogP contribution in [0.2, 0.25) is 5.02 Å². The van der Waals surface area contributed by atoms with Crippen LogP contribution in [0.25, 0.3) is 0 Å². The maximum Gasteiger partial charge on any atom is 0.271 e. The molecule has 7 heteroatoms. The van der Waals surface area contributed by atoms with Crippen molar-refractivity contribution in [2.75, 3.05) is 19.6 Å². The Morgan fingerprint density at radius 1 is 1.29 bits per heavy atom. The van der Waals surface area contributed by atoms with Gasteiger partial charge in [-0.25, -0.2) is 5.10 Å². The van der Waals surface area contributed by atoms with Crippen LogP contribution in [-0.4, -0.2) is 40.6 Å². The summed E-state index contributed by atoms with van der Waals surface area (Å²) >= 11 is 6.12. The summed E-state index contributed by atoms with van der Waals surface area (Å²) in [5, 5.41) is 9.62. The van der Waals surface area contributed by atoms with E-state index in [1.54, 1.807) is 0 Å². The number of H-pyrrole nitrogens is 1. The van der Waals surface area contributed by atoms with Crippen molar-refractivity contribution < 1.29 is 4.79 Å². The van der Waals surface area contributed by atoms with E-state index in [-0.39, 0.29) is 23.2 Å². The number of benzene rings is 1. The Morgan fingerprint density at radius 2 is 2.08 bits per heavy atom. The molecule has 2 aromatic rings. The third-order valence-electron chi connectivity index (χ3n) is 4.18. The lowest BCUT2D eigenvalue weighted by molar-refractivity contribution is 0.0932. The molecule has 126 valence electrons. The molecule has 24 heavy (non-hydrogen) atoms. The molecule has 0 spiro atoms. The van der Waals surface area contributed by atoms with Gasteiger partial charge in [0.05, 0.1) is 6.04 Å². The summed E-state index contributed by atoms with van der Waals surface area (Å²) < 4.78 is 0. The van der Waals surface area contributed by atoms with Gasteiger partial charge < -0.3 is 5.32 Å². The Bertz CT molecular complexity index is 751. The van der Waals surface area contributed by atoms with Crippen LogP contribution in [0.15, 0.2) is 41.2 Å². The Kier molecular flexibility index (Phi) is 5.27. The van der Waals surface area contributed by atoms with Gasteiger partial charge in [-0.1, -0.05) is 23.7 Å². The first-order chi connectivity index (χ1) is 11.6. The lowest BCUT2D eigenvalue weighted by Crippen LogP contribution is -2.37. The number of likely N-dealkylation sites (tertiary alicyclic amines) is 1. The minimum Gasteiger partial charge on any atom is -0.349 e. The van der Waals surface area contributed by atoms with Gasteiger partial charge in [-0.15, -0.1) is 0 Å². The Morgan fingerprint density at radius 3 is 2.75 bits per heavy atom. The van der Waals surface area contributed by atoms with Crippen LogP contribution in [0, 0.1) is 0 Å². The lowest BCUT2D eigenvalue weighted by atomic mass is 10.1. The Labute approximate surface area is 144 Å². The minimum absolute atomic E-state index is 0.0675. The zero-order chi connectivity index (χ0) is 16.9. The predicted octanol–water partition coefficient (Wildman–Crippen LogP) is 1.99. The highest BCUT2D eigenvalue weighted by molar-refractivity contribution is 6.30. The second-order valence-electron chi connectivity index (χ2n) is 5.83. The SMILES string of the molecule is O=C(NC[C@H](c1cccc(Cl)c1)N1CCCC1)c1ccc(=O)[nH]n1. The molecular weight excluding hydrogens is 328 g/mol. The third kappa shape index (κ3) is 4.01. The van der Waals surface area contributed by atoms with Gasteiger partial charge in [0.2, 0.25) is 0 Å². The molecule has 1 atom stereocenters. The van der Waals surface area contributed by atoms with Gasteiger partial charge >= 0.3 is 0 Å². The maximum absolute atomic E-state index is 12.2. The van der Waals surface area contributed by atoms with E-state index >= 15 is 0 Å². The zero-order valence-electron chi connectivity index (χ0n) is 13.2. The van der Waals surface area contributed by atoms with Crippen molar-refractivity contribution in [2.24, 2.45) is 0 Å². The molecule has 1 aromatic carbocycles. The molecule has 1 aromatic heterocycles. The summed E-state index contributed by atoms with van der Waals surface area (Å²) in [7, 11) is 0. The standard InChI is InChI=1S/C17H19ClN4O2/c18-13-5-3-4-12(10-13)15(22-8-1-2-9-22)11-19-17(24)14-6-7-16(23)21-20-14/h3-7,10,15H,1-2,8-9,11H2,(H,19,24)(H,21,23)/t15-/m1/s1. The van der Waals surface area contributed by atoms with Crippen molar-refractivity contribution >= 4 is 17.5 Å². The monoisotopic (exact) mass is 346 g/mol. The fourth-order valence-electron chi connectivity index (χ4n) is 2.98. The first kappa shape index (κ1) is 16.7.